The van der Waals surface area contributed by atoms with Gasteiger partial charge in [-0.05, 0) is 54.4 Å². The third kappa shape index (κ3) is 5.35. The van der Waals surface area contributed by atoms with Gasteiger partial charge in [-0.25, -0.2) is 14.0 Å². The number of benzene rings is 1. The maximum atomic E-state index is 14.9. The molecule has 0 unspecified atom stereocenters. The predicted molar refractivity (Wildman–Crippen MR) is 125 cm³/mol. The highest BCUT2D eigenvalue weighted by Gasteiger charge is 2.33. The van der Waals surface area contributed by atoms with E-state index in [1.165, 1.54) is 12.1 Å². The maximum Gasteiger partial charge on any atom is 0.414 e. The van der Waals surface area contributed by atoms with Crippen LogP contribution in [0.25, 0.3) is 11.1 Å². The number of hydrogen-bond donors (Lipinski definition) is 2. The Balaban J connectivity index is 1.46. The first-order valence-electron chi connectivity index (χ1n) is 11.1. The van der Waals surface area contributed by atoms with Gasteiger partial charge >= 0.3 is 18.5 Å². The van der Waals surface area contributed by atoms with Crippen LogP contribution in [0.5, 0.6) is 0 Å². The number of fused-ring (bicyclic) bond motifs is 1. The highest BCUT2D eigenvalue weighted by molar-refractivity contribution is 5.99. The van der Waals surface area contributed by atoms with Gasteiger partial charge in [0.1, 0.15) is 11.9 Å². The first-order chi connectivity index (χ1) is 17.3. The first kappa shape index (κ1) is 24.8. The molecule has 3 aliphatic rings. The van der Waals surface area contributed by atoms with Crippen molar-refractivity contribution in [2.45, 2.75) is 19.5 Å². The Labute approximate surface area is 204 Å². The zero-order chi connectivity index (χ0) is 25.8. The minimum atomic E-state index is -3.17. The molecule has 2 N–H and O–H groups in total. The van der Waals surface area contributed by atoms with E-state index in [1.54, 1.807) is 43.3 Å². The van der Waals surface area contributed by atoms with Crippen molar-refractivity contribution in [3.05, 3.63) is 66.0 Å². The third-order valence-corrected chi connectivity index (χ3v) is 5.52. The number of anilines is 3. The molecule has 1 heterocycles. The number of esters is 1. The number of alkyl halides is 2. The second kappa shape index (κ2) is 10.5. The van der Waals surface area contributed by atoms with E-state index in [0.29, 0.717) is 16.8 Å². The number of nitrogens with zero attached hydrogens (tertiary/aromatic N) is 1. The van der Waals surface area contributed by atoms with Crippen LogP contribution in [0.2, 0.25) is 0 Å². The average molecular weight is 501 g/mol. The van der Waals surface area contributed by atoms with Gasteiger partial charge in [0, 0.05) is 5.69 Å². The monoisotopic (exact) mass is 501 g/mol. The first-order valence-corrected chi connectivity index (χ1v) is 11.1. The Morgan fingerprint density at radius 1 is 1.14 bits per heavy atom. The van der Waals surface area contributed by atoms with E-state index in [4.69, 9.17) is 9.47 Å². The van der Waals surface area contributed by atoms with Crippen LogP contribution >= 0.6 is 0 Å². The van der Waals surface area contributed by atoms with Gasteiger partial charge in [-0.3, -0.25) is 9.69 Å². The largest absolute Gasteiger partial charge is 0.462 e. The summed E-state index contributed by atoms with van der Waals surface area (Å²) in [5, 5.41) is 4.96. The Kier molecular flexibility index (Phi) is 7.28. The van der Waals surface area contributed by atoms with Crippen molar-refractivity contribution in [1.82, 2.24) is 5.32 Å². The molecule has 0 aromatic heterocycles. The highest BCUT2D eigenvalue weighted by atomic mass is 19.3. The number of ether oxygens (including phenoxy) is 2. The molecule has 1 aliphatic heterocycles. The number of amides is 2. The topological polar surface area (TPSA) is 97.0 Å². The van der Waals surface area contributed by atoms with Crippen molar-refractivity contribution in [3.63, 3.8) is 0 Å². The Hall–Kier alpha value is -4.28. The quantitative estimate of drug-likeness (QED) is 0.440. The molecular weight excluding hydrogens is 479 g/mol. The molecule has 1 aromatic rings. The molecule has 8 nitrogen and oxygen atoms in total. The van der Waals surface area contributed by atoms with Gasteiger partial charge in [0.2, 0.25) is 0 Å². The molecule has 2 amide bonds. The predicted octanol–water partition coefficient (Wildman–Crippen LogP) is 4.56. The van der Waals surface area contributed by atoms with Crippen LogP contribution in [0.15, 0.2) is 54.6 Å². The second-order valence-electron chi connectivity index (χ2n) is 7.91. The molecule has 1 atom stereocenters. The third-order valence-electron chi connectivity index (χ3n) is 5.52. The Morgan fingerprint density at radius 2 is 1.89 bits per heavy atom. The molecule has 4 rings (SSSR count). The lowest BCUT2D eigenvalue weighted by atomic mass is 10.1. The van der Waals surface area contributed by atoms with Gasteiger partial charge in [0.25, 0.3) is 5.91 Å². The molecule has 1 saturated heterocycles. The van der Waals surface area contributed by atoms with Crippen molar-refractivity contribution >= 4 is 35.0 Å². The van der Waals surface area contributed by atoms with Gasteiger partial charge in [-0.1, -0.05) is 18.2 Å². The van der Waals surface area contributed by atoms with E-state index in [9.17, 15) is 27.6 Å². The van der Waals surface area contributed by atoms with Crippen LogP contribution < -0.4 is 15.5 Å². The molecule has 188 valence electrons. The van der Waals surface area contributed by atoms with Crippen LogP contribution in [0, 0.1) is 5.82 Å². The molecule has 1 aromatic carbocycles. The summed E-state index contributed by atoms with van der Waals surface area (Å²) in [6.45, 7) is 1.67. The van der Waals surface area contributed by atoms with Crippen molar-refractivity contribution in [3.8, 4) is 11.1 Å². The molecule has 0 bridgehead atoms. The van der Waals surface area contributed by atoms with Gasteiger partial charge in [-0.15, -0.1) is 0 Å². The molecule has 2 aliphatic carbocycles. The molecule has 1 fully saturated rings. The summed E-state index contributed by atoms with van der Waals surface area (Å²) in [4.78, 5) is 36.5. The standard InChI is InChI=1S/C25H22F3N3O5/c1-2-35-24(33)19-8-4-14-3-5-15(6-9-18(14)19)30-21-10-7-16(11-20(21)26)31-13-17(36-25(31)34)12-29-23(32)22(27)28/h3-11,17,22,30H,2,12-13H2,1H3,(H,29,32)/t17-/m0/s1. The van der Waals surface area contributed by atoms with Crippen LogP contribution in [0.4, 0.5) is 35.0 Å². The minimum Gasteiger partial charge on any atom is -0.462 e. The SMILES string of the molecule is CCOC(=O)c1ccc2ccc(Nc3ccc(N4C[C@H](CNC(=O)C(F)F)OC4=O)cc3F)ccc1-2. The molecule has 0 radical (unpaired) electrons. The van der Waals surface area contributed by atoms with Crippen LogP contribution in [-0.2, 0) is 14.3 Å². The Morgan fingerprint density at radius 3 is 2.61 bits per heavy atom. The van der Waals surface area contributed by atoms with Crippen LogP contribution in [0.1, 0.15) is 17.3 Å². The summed E-state index contributed by atoms with van der Waals surface area (Å²) in [5.74, 6) is -2.53. The number of rotatable bonds is 8. The summed E-state index contributed by atoms with van der Waals surface area (Å²) in [5.41, 5.74) is 2.86. The molecular formula is C25H22F3N3O5. The van der Waals surface area contributed by atoms with Gasteiger partial charge in [-0.2, -0.15) is 8.78 Å². The van der Waals surface area contributed by atoms with E-state index >= 15 is 0 Å². The number of hydrogen-bond acceptors (Lipinski definition) is 6. The number of nitrogens with one attached hydrogen (secondary N) is 2. The lowest BCUT2D eigenvalue weighted by molar-refractivity contribution is -0.132. The average Bonchev–Trinajstić information content (AvgIpc) is 3.37. The normalized spacial score (nSPS) is 15.2. The van der Waals surface area contributed by atoms with E-state index in [0.717, 1.165) is 16.5 Å². The second-order valence-corrected chi connectivity index (χ2v) is 7.91. The number of halogens is 3. The van der Waals surface area contributed by atoms with Crippen molar-refractivity contribution < 1.29 is 37.0 Å². The van der Waals surface area contributed by atoms with Crippen molar-refractivity contribution in [2.24, 2.45) is 0 Å². The summed E-state index contributed by atoms with van der Waals surface area (Å²) in [6, 6.07) is 14.5. The number of cyclic esters (lactones) is 1. The number of carbonyl (C=O) groups is 3. The fraction of sp³-hybridized carbons (Fsp3) is 0.240. The zero-order valence-electron chi connectivity index (χ0n) is 19.1. The summed E-state index contributed by atoms with van der Waals surface area (Å²) in [6.07, 6.45) is -4.80. The highest BCUT2D eigenvalue weighted by Crippen LogP contribution is 2.31. The summed E-state index contributed by atoms with van der Waals surface area (Å²) >= 11 is 0. The lowest BCUT2D eigenvalue weighted by Crippen LogP contribution is -2.37. The number of carbonyl (C=O) groups excluding carboxylic acids is 3. The van der Waals surface area contributed by atoms with E-state index in [-0.39, 0.29) is 31.1 Å². The van der Waals surface area contributed by atoms with Gasteiger partial charge in [0.05, 0.1) is 36.6 Å². The smallest absolute Gasteiger partial charge is 0.414 e. The van der Waals surface area contributed by atoms with E-state index < -0.39 is 36.3 Å². The fourth-order valence-electron chi connectivity index (χ4n) is 3.78. The maximum absolute atomic E-state index is 14.9. The molecule has 0 spiro atoms. The van der Waals surface area contributed by atoms with Crippen molar-refractivity contribution in [2.75, 3.05) is 29.9 Å². The molecule has 11 heteroatoms. The summed E-state index contributed by atoms with van der Waals surface area (Å²) < 4.78 is 49.7. The van der Waals surface area contributed by atoms with E-state index in [2.05, 4.69) is 5.32 Å². The molecule has 36 heavy (non-hydrogen) atoms. The molecule has 0 saturated carbocycles. The zero-order valence-corrected chi connectivity index (χ0v) is 19.1. The summed E-state index contributed by atoms with van der Waals surface area (Å²) in [7, 11) is 0. The fourth-order valence-corrected chi connectivity index (χ4v) is 3.78. The lowest BCUT2D eigenvalue weighted by Gasteiger charge is -2.15. The van der Waals surface area contributed by atoms with Crippen LogP contribution in [0.3, 0.4) is 0 Å². The Bertz CT molecular complexity index is 1270. The van der Waals surface area contributed by atoms with Gasteiger partial charge in [0.15, 0.2) is 0 Å². The van der Waals surface area contributed by atoms with Gasteiger partial charge < -0.3 is 20.1 Å². The van der Waals surface area contributed by atoms with Crippen molar-refractivity contribution in [1.29, 1.82) is 0 Å². The van der Waals surface area contributed by atoms with Crippen LogP contribution in [-0.4, -0.2) is 50.2 Å². The minimum absolute atomic E-state index is 0.0402. The van der Waals surface area contributed by atoms with E-state index in [1.807, 2.05) is 5.32 Å².